The van der Waals surface area contributed by atoms with Gasteiger partial charge >= 0.3 is 6.09 Å². The van der Waals surface area contributed by atoms with E-state index in [9.17, 15) is 4.79 Å². The number of likely N-dealkylation sites (tertiary alicyclic amines) is 1. The Balaban J connectivity index is 1.34. The van der Waals surface area contributed by atoms with Crippen molar-refractivity contribution >= 4 is 11.9 Å². The summed E-state index contributed by atoms with van der Waals surface area (Å²) in [5, 5.41) is 3.33. The molecule has 1 N–H and O–H groups in total. The molecule has 5 nitrogen and oxygen atoms in total. The Kier molecular flexibility index (Phi) is 4.51. The number of hydrogen-bond donors (Lipinski definition) is 1. The molecule has 1 unspecified atom stereocenters. The van der Waals surface area contributed by atoms with Gasteiger partial charge in [0.25, 0.3) is 0 Å². The molecular weight excluding hydrogens is 350 g/mol. The van der Waals surface area contributed by atoms with Crippen LogP contribution in [-0.4, -0.2) is 49.1 Å². The molecule has 0 radical (unpaired) electrons. The minimum atomic E-state index is -0.219. The van der Waals surface area contributed by atoms with E-state index in [2.05, 4.69) is 58.8 Å². The average molecular weight is 375 g/mol. The molecule has 2 aromatic rings. The van der Waals surface area contributed by atoms with Crippen LogP contribution >= 0.6 is 0 Å². The molecule has 1 saturated heterocycles. The van der Waals surface area contributed by atoms with Crippen molar-refractivity contribution in [3.05, 3.63) is 59.7 Å². The van der Waals surface area contributed by atoms with Crippen LogP contribution in [0.3, 0.4) is 0 Å². The number of carbonyl (C=O) groups is 1. The van der Waals surface area contributed by atoms with Gasteiger partial charge in [0.15, 0.2) is 0 Å². The lowest BCUT2D eigenvalue weighted by molar-refractivity contribution is 0.0836. The first-order chi connectivity index (χ1) is 13.8. The van der Waals surface area contributed by atoms with Gasteiger partial charge < -0.3 is 10.1 Å². The van der Waals surface area contributed by atoms with Gasteiger partial charge in [-0.3, -0.25) is 9.89 Å². The van der Waals surface area contributed by atoms with Crippen molar-refractivity contribution in [2.24, 2.45) is 4.99 Å². The Labute approximate surface area is 165 Å². The first-order valence-corrected chi connectivity index (χ1v) is 10.2. The van der Waals surface area contributed by atoms with Gasteiger partial charge in [-0.1, -0.05) is 48.5 Å². The van der Waals surface area contributed by atoms with Crippen LogP contribution in [0.1, 0.15) is 36.3 Å². The highest BCUT2D eigenvalue weighted by Gasteiger charge is 2.34. The third-order valence-corrected chi connectivity index (χ3v) is 6.09. The van der Waals surface area contributed by atoms with Crippen LogP contribution in [0.2, 0.25) is 0 Å². The summed E-state index contributed by atoms with van der Waals surface area (Å²) >= 11 is 0. The van der Waals surface area contributed by atoms with Crippen LogP contribution in [0.15, 0.2) is 53.5 Å². The molecular formula is C23H25N3O2. The zero-order valence-electron chi connectivity index (χ0n) is 15.9. The Morgan fingerprint density at radius 1 is 1.07 bits per heavy atom. The third-order valence-electron chi connectivity index (χ3n) is 6.09. The highest BCUT2D eigenvalue weighted by atomic mass is 16.6. The number of amides is 1. The van der Waals surface area contributed by atoms with Gasteiger partial charge in [0, 0.05) is 19.0 Å². The summed E-state index contributed by atoms with van der Waals surface area (Å²) in [6, 6.07) is 16.9. The SMILES string of the molecule is O=C(OCC1c2ccccc2-c2ccccc21)N1CCCCC1C1=NCCN1. The maximum atomic E-state index is 13.0. The molecule has 0 spiro atoms. The van der Waals surface area contributed by atoms with E-state index in [0.29, 0.717) is 6.61 Å². The summed E-state index contributed by atoms with van der Waals surface area (Å²) < 4.78 is 5.87. The molecule has 28 heavy (non-hydrogen) atoms. The molecule has 5 rings (SSSR count). The number of benzene rings is 2. The molecule has 3 aliphatic rings. The van der Waals surface area contributed by atoms with Crippen LogP contribution in [0, 0.1) is 0 Å². The predicted octanol–water partition coefficient (Wildman–Crippen LogP) is 3.79. The van der Waals surface area contributed by atoms with E-state index in [1.165, 1.54) is 22.3 Å². The van der Waals surface area contributed by atoms with Gasteiger partial charge in [0.1, 0.15) is 12.4 Å². The topological polar surface area (TPSA) is 53.9 Å². The molecule has 0 aromatic heterocycles. The van der Waals surface area contributed by atoms with E-state index in [4.69, 9.17) is 4.74 Å². The molecule has 144 valence electrons. The first kappa shape index (κ1) is 17.3. The smallest absolute Gasteiger partial charge is 0.410 e. The highest BCUT2D eigenvalue weighted by Crippen LogP contribution is 2.44. The number of nitrogens with one attached hydrogen (secondary N) is 1. The lowest BCUT2D eigenvalue weighted by Gasteiger charge is -2.35. The number of ether oxygens (including phenoxy) is 1. The number of amidine groups is 1. The Hall–Kier alpha value is -2.82. The van der Waals surface area contributed by atoms with Crippen LogP contribution in [0.25, 0.3) is 11.1 Å². The molecule has 2 heterocycles. The Morgan fingerprint density at radius 3 is 2.46 bits per heavy atom. The fourth-order valence-electron chi connectivity index (χ4n) is 4.75. The van der Waals surface area contributed by atoms with Gasteiger partial charge in [-0.05, 0) is 41.5 Å². The van der Waals surface area contributed by atoms with Gasteiger partial charge in [-0.2, -0.15) is 0 Å². The zero-order valence-corrected chi connectivity index (χ0v) is 15.9. The second-order valence-electron chi connectivity index (χ2n) is 7.70. The standard InChI is InChI=1S/C23H25N3O2/c27-23(26-14-6-5-11-21(26)22-24-12-13-25-22)28-15-20-18-9-3-1-7-16(18)17-8-2-4-10-19(17)20/h1-4,7-10,20-21H,5-6,11-15H2,(H,24,25). The van der Waals surface area contributed by atoms with Crippen molar-refractivity contribution in [2.75, 3.05) is 26.2 Å². The molecule has 2 aliphatic heterocycles. The van der Waals surface area contributed by atoms with E-state index in [1.807, 2.05) is 4.90 Å². The van der Waals surface area contributed by atoms with E-state index in [1.54, 1.807) is 0 Å². The largest absolute Gasteiger partial charge is 0.448 e. The number of hydrogen-bond acceptors (Lipinski definition) is 4. The Morgan fingerprint density at radius 2 is 1.79 bits per heavy atom. The van der Waals surface area contributed by atoms with E-state index < -0.39 is 0 Å². The summed E-state index contributed by atoms with van der Waals surface area (Å²) in [6.45, 7) is 2.77. The molecule has 0 bridgehead atoms. The molecule has 0 saturated carbocycles. The maximum Gasteiger partial charge on any atom is 0.410 e. The van der Waals surface area contributed by atoms with Crippen LogP contribution in [-0.2, 0) is 4.74 Å². The minimum Gasteiger partial charge on any atom is -0.448 e. The number of carbonyl (C=O) groups excluding carboxylic acids is 1. The van der Waals surface area contributed by atoms with Crippen molar-refractivity contribution in [1.82, 2.24) is 10.2 Å². The summed E-state index contributed by atoms with van der Waals surface area (Å²) in [5.41, 5.74) is 4.99. The van der Waals surface area contributed by atoms with Gasteiger partial charge in [-0.15, -0.1) is 0 Å². The molecule has 5 heteroatoms. The Bertz CT molecular complexity index is 878. The van der Waals surface area contributed by atoms with Crippen molar-refractivity contribution < 1.29 is 9.53 Å². The fourth-order valence-corrected chi connectivity index (χ4v) is 4.75. The van der Waals surface area contributed by atoms with E-state index in [0.717, 1.165) is 44.7 Å². The van der Waals surface area contributed by atoms with Gasteiger partial charge in [-0.25, -0.2) is 4.79 Å². The van der Waals surface area contributed by atoms with Gasteiger partial charge in [0.2, 0.25) is 0 Å². The summed E-state index contributed by atoms with van der Waals surface area (Å²) in [5.74, 6) is 1.05. The second kappa shape index (κ2) is 7.30. The number of rotatable bonds is 3. The maximum absolute atomic E-state index is 13.0. The summed E-state index contributed by atoms with van der Waals surface area (Å²) in [6.07, 6.45) is 2.88. The van der Waals surface area contributed by atoms with E-state index in [-0.39, 0.29) is 18.1 Å². The predicted molar refractivity (Wildman–Crippen MR) is 110 cm³/mol. The van der Waals surface area contributed by atoms with Crippen molar-refractivity contribution in [3.8, 4) is 11.1 Å². The second-order valence-corrected chi connectivity index (χ2v) is 7.70. The van der Waals surface area contributed by atoms with Gasteiger partial charge in [0.05, 0.1) is 12.6 Å². The minimum absolute atomic E-state index is 0.0342. The number of fused-ring (bicyclic) bond motifs is 3. The third kappa shape index (κ3) is 2.95. The zero-order chi connectivity index (χ0) is 18.9. The van der Waals surface area contributed by atoms with Crippen LogP contribution in [0.4, 0.5) is 4.79 Å². The van der Waals surface area contributed by atoms with Crippen LogP contribution in [0.5, 0.6) is 0 Å². The summed E-state index contributed by atoms with van der Waals surface area (Å²) in [4.78, 5) is 19.4. The highest BCUT2D eigenvalue weighted by molar-refractivity contribution is 5.91. The van der Waals surface area contributed by atoms with Crippen molar-refractivity contribution in [2.45, 2.75) is 31.2 Å². The summed E-state index contributed by atoms with van der Waals surface area (Å²) in [7, 11) is 0. The fraction of sp³-hybridized carbons (Fsp3) is 0.391. The average Bonchev–Trinajstić information content (AvgIpc) is 3.39. The van der Waals surface area contributed by atoms with E-state index >= 15 is 0 Å². The molecule has 1 amide bonds. The number of nitrogens with zero attached hydrogens (tertiary/aromatic N) is 2. The molecule has 1 aliphatic carbocycles. The molecule has 1 fully saturated rings. The monoisotopic (exact) mass is 375 g/mol. The quantitative estimate of drug-likeness (QED) is 0.888. The first-order valence-electron chi connectivity index (χ1n) is 10.2. The van der Waals surface area contributed by atoms with Crippen LogP contribution < -0.4 is 5.32 Å². The van der Waals surface area contributed by atoms with Crippen molar-refractivity contribution in [1.29, 1.82) is 0 Å². The molecule has 2 aromatic carbocycles. The lowest BCUT2D eigenvalue weighted by atomic mass is 9.98. The number of aliphatic imine (C=N–C) groups is 1. The lowest BCUT2D eigenvalue weighted by Crippen LogP contribution is -2.51. The number of piperidine rings is 1. The molecule has 1 atom stereocenters. The normalized spacial score (nSPS) is 20.9. The van der Waals surface area contributed by atoms with Crippen molar-refractivity contribution in [3.63, 3.8) is 0 Å².